The third-order valence-corrected chi connectivity index (χ3v) is 5.45. The Hall–Kier alpha value is -2.64. The Morgan fingerprint density at radius 3 is 2.75 bits per heavy atom. The van der Waals surface area contributed by atoms with Gasteiger partial charge < -0.3 is 20.5 Å². The Labute approximate surface area is 164 Å². The molecular formula is C21H27N5O2. The summed E-state index contributed by atoms with van der Waals surface area (Å²) in [4.78, 5) is 9.29. The topological polar surface area (TPSA) is 83.7 Å². The van der Waals surface area contributed by atoms with Gasteiger partial charge in [0.15, 0.2) is 0 Å². The second kappa shape index (κ2) is 6.46. The molecule has 1 atom stereocenters. The molecule has 0 saturated carbocycles. The molecule has 4 heterocycles. The number of imidazole rings is 1. The zero-order valence-corrected chi connectivity index (χ0v) is 16.9. The maximum absolute atomic E-state index is 10.5. The van der Waals surface area contributed by atoms with E-state index in [2.05, 4.69) is 29.5 Å². The molecule has 1 aliphatic rings. The van der Waals surface area contributed by atoms with Crippen molar-refractivity contribution in [2.24, 2.45) is 0 Å². The highest BCUT2D eigenvalue weighted by molar-refractivity contribution is 5.64. The largest absolute Gasteiger partial charge is 0.496 e. The van der Waals surface area contributed by atoms with E-state index in [4.69, 9.17) is 9.72 Å². The summed E-state index contributed by atoms with van der Waals surface area (Å²) in [5, 5.41) is 17.5. The summed E-state index contributed by atoms with van der Waals surface area (Å²) >= 11 is 0. The van der Waals surface area contributed by atoms with Crippen LogP contribution in [-0.2, 0) is 5.60 Å². The van der Waals surface area contributed by atoms with Gasteiger partial charge in [0.05, 0.1) is 36.3 Å². The number of nitrogens with one attached hydrogen (secondary N) is 2. The average Bonchev–Trinajstić information content (AvgIpc) is 3.07. The summed E-state index contributed by atoms with van der Waals surface area (Å²) in [5.41, 5.74) is 2.12. The maximum Gasteiger partial charge on any atom is 0.140 e. The monoisotopic (exact) mass is 381 g/mol. The van der Waals surface area contributed by atoms with Gasteiger partial charge in [-0.2, -0.15) is 0 Å². The van der Waals surface area contributed by atoms with Crippen LogP contribution in [0.15, 0.2) is 36.7 Å². The van der Waals surface area contributed by atoms with E-state index in [1.54, 1.807) is 27.2 Å². The fraction of sp³-hybridized carbons (Fsp3) is 0.429. The van der Waals surface area contributed by atoms with Crippen molar-refractivity contribution >= 4 is 11.5 Å². The third kappa shape index (κ3) is 3.21. The zero-order valence-electron chi connectivity index (χ0n) is 16.9. The first-order chi connectivity index (χ1) is 13.2. The molecule has 0 radical (unpaired) electrons. The highest BCUT2D eigenvalue weighted by Crippen LogP contribution is 2.32. The SMILES string of the molecule is COc1cc2ncc(-c3cccc(NC4CNC4(C)C)n3)n2cc1C(C)(C)O. The van der Waals surface area contributed by atoms with Crippen LogP contribution in [0.3, 0.4) is 0 Å². The van der Waals surface area contributed by atoms with Crippen LogP contribution in [0.1, 0.15) is 33.3 Å². The van der Waals surface area contributed by atoms with E-state index >= 15 is 0 Å². The third-order valence-electron chi connectivity index (χ3n) is 5.45. The Morgan fingerprint density at radius 1 is 1.36 bits per heavy atom. The minimum Gasteiger partial charge on any atom is -0.496 e. The molecule has 1 aliphatic heterocycles. The van der Waals surface area contributed by atoms with Gasteiger partial charge in [0.25, 0.3) is 0 Å². The number of anilines is 1. The lowest BCUT2D eigenvalue weighted by Gasteiger charge is -2.46. The van der Waals surface area contributed by atoms with E-state index in [9.17, 15) is 5.11 Å². The molecule has 1 unspecified atom stereocenters. The number of rotatable bonds is 5. The van der Waals surface area contributed by atoms with E-state index in [1.807, 2.05) is 34.9 Å². The molecule has 0 bridgehead atoms. The highest BCUT2D eigenvalue weighted by atomic mass is 16.5. The molecule has 1 fully saturated rings. The second-order valence-electron chi connectivity index (χ2n) is 8.39. The number of nitrogens with zero attached hydrogens (tertiary/aromatic N) is 3. The quantitative estimate of drug-likeness (QED) is 0.630. The van der Waals surface area contributed by atoms with Crippen LogP contribution in [0.25, 0.3) is 17.0 Å². The van der Waals surface area contributed by atoms with Crippen LogP contribution in [0, 0.1) is 0 Å². The van der Waals surface area contributed by atoms with Crippen LogP contribution in [-0.4, -0.2) is 44.7 Å². The van der Waals surface area contributed by atoms with Crippen LogP contribution in [0.4, 0.5) is 5.82 Å². The van der Waals surface area contributed by atoms with E-state index in [-0.39, 0.29) is 5.54 Å². The molecule has 0 aliphatic carbocycles. The minimum absolute atomic E-state index is 0.0547. The van der Waals surface area contributed by atoms with Crippen LogP contribution in [0.5, 0.6) is 5.75 Å². The Morgan fingerprint density at radius 2 is 2.14 bits per heavy atom. The molecule has 3 aromatic heterocycles. The molecule has 28 heavy (non-hydrogen) atoms. The molecule has 4 rings (SSSR count). The molecule has 7 nitrogen and oxygen atoms in total. The van der Waals surface area contributed by atoms with Crippen LogP contribution < -0.4 is 15.4 Å². The van der Waals surface area contributed by atoms with Gasteiger partial charge >= 0.3 is 0 Å². The molecule has 1 saturated heterocycles. The van der Waals surface area contributed by atoms with Crippen molar-refractivity contribution in [2.45, 2.75) is 44.9 Å². The first kappa shape index (κ1) is 18.7. The normalized spacial score (nSPS) is 18.7. The fourth-order valence-corrected chi connectivity index (χ4v) is 3.50. The highest BCUT2D eigenvalue weighted by Gasteiger charge is 2.38. The van der Waals surface area contributed by atoms with Crippen LogP contribution >= 0.6 is 0 Å². The predicted octanol–water partition coefficient (Wildman–Crippen LogP) is 2.79. The molecule has 148 valence electrons. The molecule has 3 aromatic rings. The number of ether oxygens (including phenoxy) is 1. The van der Waals surface area contributed by atoms with Gasteiger partial charge in [-0.3, -0.25) is 4.40 Å². The van der Waals surface area contributed by atoms with Crippen molar-refractivity contribution in [3.05, 3.63) is 42.2 Å². The Balaban J connectivity index is 1.74. The lowest BCUT2D eigenvalue weighted by atomic mass is 9.86. The number of hydrogen-bond acceptors (Lipinski definition) is 6. The smallest absolute Gasteiger partial charge is 0.140 e. The zero-order chi connectivity index (χ0) is 20.1. The summed E-state index contributed by atoms with van der Waals surface area (Å²) in [6.45, 7) is 8.75. The number of methoxy groups -OCH3 is 1. The summed E-state index contributed by atoms with van der Waals surface area (Å²) in [6, 6.07) is 8.10. The molecule has 3 N–H and O–H groups in total. The lowest BCUT2D eigenvalue weighted by Crippen LogP contribution is -2.68. The standard InChI is InChI=1S/C21H27N5O2/c1-20(2)17(11-23-20)25-18-8-6-7-14(24-18)15-10-22-19-9-16(28-5)13(12-26(15)19)21(3,4)27/h6-10,12,17,23,27H,11H2,1-5H3,(H,24,25). The number of pyridine rings is 2. The van der Waals surface area contributed by atoms with Gasteiger partial charge in [-0.1, -0.05) is 6.07 Å². The summed E-state index contributed by atoms with van der Waals surface area (Å²) in [7, 11) is 1.60. The van der Waals surface area contributed by atoms with Gasteiger partial charge in [-0.25, -0.2) is 9.97 Å². The fourth-order valence-electron chi connectivity index (χ4n) is 3.50. The number of fused-ring (bicyclic) bond motifs is 1. The van der Waals surface area contributed by atoms with Crippen molar-refractivity contribution in [1.82, 2.24) is 19.7 Å². The first-order valence-corrected chi connectivity index (χ1v) is 9.46. The predicted molar refractivity (Wildman–Crippen MR) is 110 cm³/mol. The van der Waals surface area contributed by atoms with Gasteiger partial charge in [0.2, 0.25) is 0 Å². The number of aromatic nitrogens is 3. The lowest BCUT2D eigenvalue weighted by molar-refractivity contribution is 0.0752. The second-order valence-corrected chi connectivity index (χ2v) is 8.39. The maximum atomic E-state index is 10.5. The van der Waals surface area contributed by atoms with Gasteiger partial charge in [-0.05, 0) is 39.8 Å². The van der Waals surface area contributed by atoms with E-state index in [1.165, 1.54) is 0 Å². The van der Waals surface area contributed by atoms with E-state index in [0.29, 0.717) is 17.4 Å². The first-order valence-electron chi connectivity index (χ1n) is 9.46. The van der Waals surface area contributed by atoms with Crippen molar-refractivity contribution in [2.75, 3.05) is 19.0 Å². The number of aliphatic hydroxyl groups is 1. The van der Waals surface area contributed by atoms with E-state index < -0.39 is 5.60 Å². The van der Waals surface area contributed by atoms with Crippen molar-refractivity contribution in [1.29, 1.82) is 0 Å². The summed E-state index contributed by atoms with van der Waals surface area (Å²) < 4.78 is 7.39. The molecular weight excluding hydrogens is 354 g/mol. The van der Waals surface area contributed by atoms with Gasteiger partial charge in [0, 0.05) is 29.9 Å². The van der Waals surface area contributed by atoms with E-state index in [0.717, 1.165) is 29.4 Å². The van der Waals surface area contributed by atoms with Crippen molar-refractivity contribution < 1.29 is 9.84 Å². The van der Waals surface area contributed by atoms with Gasteiger partial charge in [0.1, 0.15) is 17.2 Å². The van der Waals surface area contributed by atoms with Gasteiger partial charge in [-0.15, -0.1) is 0 Å². The Kier molecular flexibility index (Phi) is 4.32. The summed E-state index contributed by atoms with van der Waals surface area (Å²) in [5.74, 6) is 1.45. The van der Waals surface area contributed by atoms with Crippen molar-refractivity contribution in [3.63, 3.8) is 0 Å². The average molecular weight is 381 g/mol. The molecule has 0 amide bonds. The molecule has 0 aromatic carbocycles. The molecule has 0 spiro atoms. The Bertz CT molecular complexity index is 1020. The minimum atomic E-state index is -1.04. The summed E-state index contributed by atoms with van der Waals surface area (Å²) in [6.07, 6.45) is 3.67. The number of hydrogen-bond donors (Lipinski definition) is 3. The molecule has 7 heteroatoms. The van der Waals surface area contributed by atoms with Crippen molar-refractivity contribution in [3.8, 4) is 17.1 Å². The van der Waals surface area contributed by atoms with Crippen LogP contribution in [0.2, 0.25) is 0 Å².